The summed E-state index contributed by atoms with van der Waals surface area (Å²) in [7, 11) is 4.61. The minimum atomic E-state index is -0.104. The van der Waals surface area contributed by atoms with E-state index in [1.54, 1.807) is 38.5 Å². The fourth-order valence-electron chi connectivity index (χ4n) is 2.89. The number of Topliss-reactive ketones (excluding diaryl/α,β-unsaturated/α-hetero) is 2. The van der Waals surface area contributed by atoms with Crippen molar-refractivity contribution in [3.05, 3.63) is 47.5 Å². The second-order valence-electron chi connectivity index (χ2n) is 6.45. The van der Waals surface area contributed by atoms with Gasteiger partial charge in [0.2, 0.25) is 0 Å². The number of hydrogen-bond donors (Lipinski definition) is 1. The molecule has 150 valence electrons. The number of aryl methyl sites for hydroxylation is 2. The molecule has 6 nitrogen and oxygen atoms in total. The Kier molecular flexibility index (Phi) is 7.87. The van der Waals surface area contributed by atoms with Crippen LogP contribution >= 0.6 is 0 Å². The zero-order chi connectivity index (χ0) is 20.5. The number of rotatable bonds is 11. The molecule has 0 fully saturated rings. The van der Waals surface area contributed by atoms with Gasteiger partial charge in [-0.15, -0.1) is 0 Å². The molecule has 0 aliphatic carbocycles. The minimum absolute atomic E-state index is 0.0402. The van der Waals surface area contributed by atoms with Gasteiger partial charge in [-0.25, -0.2) is 0 Å². The van der Waals surface area contributed by atoms with E-state index in [2.05, 4.69) is 0 Å². The third kappa shape index (κ3) is 6.01. The molecule has 0 atom stereocenters. The van der Waals surface area contributed by atoms with E-state index in [4.69, 9.17) is 14.2 Å². The number of ether oxygens (including phenoxy) is 3. The van der Waals surface area contributed by atoms with Crippen molar-refractivity contribution in [1.82, 2.24) is 0 Å². The van der Waals surface area contributed by atoms with Crippen LogP contribution in [0, 0.1) is 0 Å². The average Bonchev–Trinajstić information content (AvgIpc) is 2.70. The van der Waals surface area contributed by atoms with E-state index >= 15 is 0 Å². The molecule has 0 saturated carbocycles. The fourth-order valence-corrected chi connectivity index (χ4v) is 2.89. The summed E-state index contributed by atoms with van der Waals surface area (Å²) in [6.07, 6.45) is 1.49. The first kappa shape index (κ1) is 21.3. The van der Waals surface area contributed by atoms with Gasteiger partial charge in [0, 0.05) is 12.8 Å². The van der Waals surface area contributed by atoms with E-state index in [1.165, 1.54) is 7.11 Å². The van der Waals surface area contributed by atoms with Crippen LogP contribution in [0.5, 0.6) is 23.0 Å². The van der Waals surface area contributed by atoms with Crippen LogP contribution in [0.3, 0.4) is 0 Å². The van der Waals surface area contributed by atoms with E-state index in [0.717, 1.165) is 11.1 Å². The maximum Gasteiger partial charge on any atom is 0.160 e. The summed E-state index contributed by atoms with van der Waals surface area (Å²) in [5.41, 5.74) is 1.77. The van der Waals surface area contributed by atoms with Gasteiger partial charge in [-0.3, -0.25) is 9.59 Å². The maximum absolute atomic E-state index is 12.1. The average molecular weight is 386 g/mol. The zero-order valence-corrected chi connectivity index (χ0v) is 16.5. The molecule has 2 aromatic rings. The topological polar surface area (TPSA) is 82.1 Å². The molecule has 6 heteroatoms. The first-order chi connectivity index (χ1) is 13.5. The lowest BCUT2D eigenvalue weighted by molar-refractivity contribution is -0.126. The Morgan fingerprint density at radius 3 is 1.75 bits per heavy atom. The van der Waals surface area contributed by atoms with Crippen LogP contribution in [0.25, 0.3) is 0 Å². The maximum atomic E-state index is 12.1. The second kappa shape index (κ2) is 10.3. The molecule has 0 bridgehead atoms. The summed E-state index contributed by atoms with van der Waals surface area (Å²) in [5, 5.41) is 9.77. The Bertz CT molecular complexity index is 828. The highest BCUT2D eigenvalue weighted by atomic mass is 16.5. The Hall–Kier alpha value is -3.02. The van der Waals surface area contributed by atoms with Crippen molar-refractivity contribution in [2.45, 2.75) is 32.1 Å². The SMILES string of the molecule is COc1ccc(CCC(=O)CC(=O)CCc2ccc(OC)c(OC)c2)cc1O. The lowest BCUT2D eigenvalue weighted by atomic mass is 10.0. The van der Waals surface area contributed by atoms with Gasteiger partial charge in [-0.2, -0.15) is 0 Å². The third-order valence-electron chi connectivity index (χ3n) is 4.47. The first-order valence-corrected chi connectivity index (χ1v) is 9.07. The molecule has 28 heavy (non-hydrogen) atoms. The van der Waals surface area contributed by atoms with Gasteiger partial charge in [0.1, 0.15) is 11.6 Å². The third-order valence-corrected chi connectivity index (χ3v) is 4.47. The van der Waals surface area contributed by atoms with E-state index in [-0.39, 0.29) is 30.2 Å². The molecular formula is C22H26O6. The summed E-state index contributed by atoms with van der Waals surface area (Å²) in [5.74, 6) is 1.49. The molecule has 0 heterocycles. The van der Waals surface area contributed by atoms with E-state index in [1.807, 2.05) is 12.1 Å². The highest BCUT2D eigenvalue weighted by Gasteiger charge is 2.12. The molecule has 0 saturated heterocycles. The minimum Gasteiger partial charge on any atom is -0.504 e. The van der Waals surface area contributed by atoms with Crippen LogP contribution in [0.2, 0.25) is 0 Å². The highest BCUT2D eigenvalue weighted by molar-refractivity contribution is 5.99. The summed E-state index contributed by atoms with van der Waals surface area (Å²) < 4.78 is 15.4. The van der Waals surface area contributed by atoms with Crippen LogP contribution in [0.15, 0.2) is 36.4 Å². The van der Waals surface area contributed by atoms with Gasteiger partial charge < -0.3 is 19.3 Å². The van der Waals surface area contributed by atoms with Crippen LogP contribution < -0.4 is 14.2 Å². The number of carbonyl (C=O) groups excluding carboxylic acids is 2. The smallest absolute Gasteiger partial charge is 0.160 e. The molecule has 0 amide bonds. The lowest BCUT2D eigenvalue weighted by Gasteiger charge is -2.09. The molecule has 2 rings (SSSR count). The number of hydrogen-bond acceptors (Lipinski definition) is 6. The van der Waals surface area contributed by atoms with E-state index in [9.17, 15) is 14.7 Å². The van der Waals surface area contributed by atoms with Gasteiger partial charge >= 0.3 is 0 Å². The van der Waals surface area contributed by atoms with Crippen molar-refractivity contribution in [3.63, 3.8) is 0 Å². The van der Waals surface area contributed by atoms with Crippen molar-refractivity contribution in [2.24, 2.45) is 0 Å². The summed E-state index contributed by atoms with van der Waals surface area (Å²) in [4.78, 5) is 24.2. The second-order valence-corrected chi connectivity index (χ2v) is 6.45. The molecular weight excluding hydrogens is 360 g/mol. The van der Waals surface area contributed by atoms with Crippen molar-refractivity contribution in [1.29, 1.82) is 0 Å². The Morgan fingerprint density at radius 2 is 1.25 bits per heavy atom. The number of methoxy groups -OCH3 is 3. The molecule has 2 aromatic carbocycles. The van der Waals surface area contributed by atoms with Crippen LogP contribution in [0.4, 0.5) is 0 Å². The fraction of sp³-hybridized carbons (Fsp3) is 0.364. The van der Waals surface area contributed by atoms with Gasteiger partial charge in [-0.05, 0) is 48.2 Å². The van der Waals surface area contributed by atoms with Gasteiger partial charge in [0.25, 0.3) is 0 Å². The molecule has 0 unspecified atom stereocenters. The van der Waals surface area contributed by atoms with Gasteiger partial charge in [0.15, 0.2) is 23.0 Å². The molecule has 0 radical (unpaired) electrons. The molecule has 0 aliphatic rings. The highest BCUT2D eigenvalue weighted by Crippen LogP contribution is 2.28. The zero-order valence-electron chi connectivity index (χ0n) is 16.5. The van der Waals surface area contributed by atoms with Gasteiger partial charge in [-0.1, -0.05) is 12.1 Å². The van der Waals surface area contributed by atoms with E-state index in [0.29, 0.717) is 36.5 Å². The number of carbonyl (C=O) groups is 2. The predicted octanol–water partition coefficient (Wildman–Crippen LogP) is 3.51. The number of aromatic hydroxyl groups is 1. The van der Waals surface area contributed by atoms with Crippen molar-refractivity contribution < 1.29 is 28.9 Å². The standard InChI is InChI=1S/C22H26O6/c1-26-20-10-6-15(12-19(20)25)4-8-17(23)14-18(24)9-5-16-7-11-21(27-2)22(13-16)28-3/h6-7,10-13,25H,4-5,8-9,14H2,1-3H3. The lowest BCUT2D eigenvalue weighted by Crippen LogP contribution is -2.09. The molecule has 0 aromatic heterocycles. The predicted molar refractivity (Wildman–Crippen MR) is 105 cm³/mol. The number of phenolic OH excluding ortho intramolecular Hbond substituents is 1. The quantitative estimate of drug-likeness (QED) is 0.595. The van der Waals surface area contributed by atoms with Gasteiger partial charge in [0.05, 0.1) is 27.8 Å². The molecule has 1 N–H and O–H groups in total. The Morgan fingerprint density at radius 1 is 0.750 bits per heavy atom. The number of ketones is 2. The monoisotopic (exact) mass is 386 g/mol. The summed E-state index contributed by atoms with van der Waals surface area (Å²) in [6, 6.07) is 10.5. The van der Waals surface area contributed by atoms with Crippen molar-refractivity contribution in [3.8, 4) is 23.0 Å². The number of phenols is 1. The van der Waals surface area contributed by atoms with Crippen molar-refractivity contribution >= 4 is 11.6 Å². The van der Waals surface area contributed by atoms with Crippen LogP contribution in [-0.2, 0) is 22.4 Å². The Labute approximate surface area is 165 Å². The Balaban J connectivity index is 1.79. The van der Waals surface area contributed by atoms with Crippen LogP contribution in [0.1, 0.15) is 30.4 Å². The largest absolute Gasteiger partial charge is 0.504 e. The molecule has 0 aliphatic heterocycles. The van der Waals surface area contributed by atoms with Crippen molar-refractivity contribution in [2.75, 3.05) is 21.3 Å². The first-order valence-electron chi connectivity index (χ1n) is 9.07. The normalized spacial score (nSPS) is 10.4. The summed E-state index contributed by atoms with van der Waals surface area (Å²) >= 11 is 0. The summed E-state index contributed by atoms with van der Waals surface area (Å²) in [6.45, 7) is 0. The van der Waals surface area contributed by atoms with E-state index < -0.39 is 0 Å². The number of benzene rings is 2. The van der Waals surface area contributed by atoms with Crippen LogP contribution in [-0.4, -0.2) is 38.0 Å². The molecule has 0 spiro atoms.